The Labute approximate surface area is 173 Å². The van der Waals surface area contributed by atoms with Crippen LogP contribution in [0.5, 0.6) is 0 Å². The van der Waals surface area contributed by atoms with Gasteiger partial charge in [-0.05, 0) is 37.4 Å². The Morgan fingerprint density at radius 1 is 1.07 bits per heavy atom. The van der Waals surface area contributed by atoms with Gasteiger partial charge in [-0.25, -0.2) is 4.98 Å². The lowest BCUT2D eigenvalue weighted by Crippen LogP contribution is -2.71. The summed E-state index contributed by atoms with van der Waals surface area (Å²) in [6, 6.07) is 12.0. The molecule has 2 saturated heterocycles. The molecule has 0 aliphatic carbocycles. The summed E-state index contributed by atoms with van der Waals surface area (Å²) in [5, 5.41) is 0. The molecule has 30 heavy (non-hydrogen) atoms. The average Bonchev–Trinajstić information content (AvgIpc) is 3.13. The Morgan fingerprint density at radius 2 is 1.93 bits per heavy atom. The number of likely N-dealkylation sites (tertiary alicyclic amines) is 1. The number of aromatic nitrogens is 4. The zero-order chi connectivity index (χ0) is 20.3. The van der Waals surface area contributed by atoms with Gasteiger partial charge < -0.3 is 19.8 Å². The van der Waals surface area contributed by atoms with Crippen molar-refractivity contribution in [2.75, 3.05) is 38.1 Å². The van der Waals surface area contributed by atoms with Crippen LogP contribution in [0.25, 0.3) is 33.5 Å². The van der Waals surface area contributed by atoms with Crippen molar-refractivity contribution in [2.24, 2.45) is 5.41 Å². The summed E-state index contributed by atoms with van der Waals surface area (Å²) in [5.74, 6) is 0.579. The van der Waals surface area contributed by atoms with E-state index in [1.54, 1.807) is 18.6 Å². The minimum absolute atomic E-state index is 0.166. The van der Waals surface area contributed by atoms with Crippen LogP contribution >= 0.6 is 0 Å². The number of hydrogen-bond donors (Lipinski definition) is 2. The number of fused-ring (bicyclic) bond motifs is 1. The first-order valence-corrected chi connectivity index (χ1v) is 10.2. The highest BCUT2D eigenvalue weighted by Crippen LogP contribution is 2.41. The molecule has 1 aromatic carbocycles. The van der Waals surface area contributed by atoms with Crippen LogP contribution in [0, 0.1) is 5.41 Å². The number of imidazole rings is 1. The number of H-pyrrole nitrogens is 2. The maximum absolute atomic E-state index is 12.5. The standard InChI is InChI=1S/C23H22N6O/c1-28-11-23(12-28)13-29(14-23)17-4-5-19-20(8-17)27-21(26-19)18-7-16(10-25-22(18)30)15-3-2-6-24-9-15/h2-10H,11-14H2,1H3,(H,25,30)(H,26,27). The van der Waals surface area contributed by atoms with E-state index in [1.165, 1.54) is 18.8 Å². The van der Waals surface area contributed by atoms with E-state index in [9.17, 15) is 4.79 Å². The summed E-state index contributed by atoms with van der Waals surface area (Å²) < 4.78 is 0. The largest absolute Gasteiger partial charge is 0.370 e. The van der Waals surface area contributed by atoms with E-state index in [2.05, 4.69) is 48.9 Å². The van der Waals surface area contributed by atoms with Gasteiger partial charge in [0.05, 0.1) is 16.6 Å². The van der Waals surface area contributed by atoms with Crippen molar-refractivity contribution in [1.82, 2.24) is 24.8 Å². The van der Waals surface area contributed by atoms with Crippen molar-refractivity contribution in [1.29, 1.82) is 0 Å². The second-order valence-corrected chi connectivity index (χ2v) is 8.69. The molecule has 0 radical (unpaired) electrons. The number of anilines is 1. The third-order valence-corrected chi connectivity index (χ3v) is 6.25. The molecule has 6 rings (SSSR count). The third kappa shape index (κ3) is 2.74. The van der Waals surface area contributed by atoms with E-state index < -0.39 is 0 Å². The fourth-order valence-corrected chi connectivity index (χ4v) is 4.93. The first-order valence-electron chi connectivity index (χ1n) is 10.2. The van der Waals surface area contributed by atoms with Crippen molar-refractivity contribution in [2.45, 2.75) is 0 Å². The Balaban J connectivity index is 1.32. The average molecular weight is 398 g/mol. The number of hydrogen-bond acceptors (Lipinski definition) is 5. The van der Waals surface area contributed by atoms with Gasteiger partial charge in [0.25, 0.3) is 5.56 Å². The van der Waals surface area contributed by atoms with Crippen LogP contribution in [0.1, 0.15) is 0 Å². The van der Waals surface area contributed by atoms with E-state index in [0.717, 1.165) is 35.2 Å². The summed E-state index contributed by atoms with van der Waals surface area (Å²) >= 11 is 0. The van der Waals surface area contributed by atoms with Gasteiger partial charge in [-0.15, -0.1) is 0 Å². The van der Waals surface area contributed by atoms with Gasteiger partial charge in [0.2, 0.25) is 0 Å². The van der Waals surface area contributed by atoms with Gasteiger partial charge in [-0.2, -0.15) is 0 Å². The maximum atomic E-state index is 12.5. The molecule has 2 fully saturated rings. The number of rotatable bonds is 3. The lowest BCUT2D eigenvalue weighted by Gasteiger charge is -2.60. The molecule has 0 amide bonds. The second kappa shape index (κ2) is 6.27. The Morgan fingerprint density at radius 3 is 2.70 bits per heavy atom. The molecule has 5 heterocycles. The summed E-state index contributed by atoms with van der Waals surface area (Å²) in [6.07, 6.45) is 5.22. The van der Waals surface area contributed by atoms with Crippen molar-refractivity contribution >= 4 is 16.7 Å². The van der Waals surface area contributed by atoms with Crippen molar-refractivity contribution in [3.05, 3.63) is 65.3 Å². The van der Waals surface area contributed by atoms with Gasteiger partial charge in [-0.3, -0.25) is 9.78 Å². The molecule has 2 aliphatic heterocycles. The zero-order valence-corrected chi connectivity index (χ0v) is 16.7. The maximum Gasteiger partial charge on any atom is 0.259 e. The zero-order valence-electron chi connectivity index (χ0n) is 16.7. The van der Waals surface area contributed by atoms with E-state index in [-0.39, 0.29) is 5.56 Å². The molecule has 4 aromatic rings. The van der Waals surface area contributed by atoms with E-state index in [0.29, 0.717) is 16.8 Å². The van der Waals surface area contributed by atoms with Crippen molar-refractivity contribution in [3.8, 4) is 22.5 Å². The molecule has 0 atom stereocenters. The molecule has 0 saturated carbocycles. The Kier molecular flexibility index (Phi) is 3.64. The SMILES string of the molecule is CN1CC2(C1)CN(c1ccc3nc(-c4cc(-c5cccnc5)c[nH]c4=O)[nH]c3c1)C2. The number of pyridine rings is 2. The number of nitrogens with one attached hydrogen (secondary N) is 2. The number of aromatic amines is 2. The topological polar surface area (TPSA) is 80.9 Å². The van der Waals surface area contributed by atoms with E-state index in [4.69, 9.17) is 0 Å². The summed E-state index contributed by atoms with van der Waals surface area (Å²) in [7, 11) is 2.18. The molecule has 0 bridgehead atoms. The molecule has 2 aliphatic rings. The molecule has 1 spiro atoms. The van der Waals surface area contributed by atoms with Crippen LogP contribution in [0.15, 0.2) is 59.8 Å². The highest BCUT2D eigenvalue weighted by Gasteiger charge is 2.50. The van der Waals surface area contributed by atoms with Crippen LogP contribution in [-0.2, 0) is 0 Å². The molecule has 7 nitrogen and oxygen atoms in total. The van der Waals surface area contributed by atoms with Crippen LogP contribution in [0.2, 0.25) is 0 Å². The normalized spacial score (nSPS) is 17.8. The smallest absolute Gasteiger partial charge is 0.259 e. The van der Waals surface area contributed by atoms with Gasteiger partial charge >= 0.3 is 0 Å². The summed E-state index contributed by atoms with van der Waals surface area (Å²) in [6.45, 7) is 4.60. The highest BCUT2D eigenvalue weighted by molar-refractivity contribution is 5.83. The second-order valence-electron chi connectivity index (χ2n) is 8.69. The first-order chi connectivity index (χ1) is 14.6. The predicted molar refractivity (Wildman–Crippen MR) is 118 cm³/mol. The predicted octanol–water partition coefficient (Wildman–Crippen LogP) is 2.73. The third-order valence-electron chi connectivity index (χ3n) is 6.25. The molecule has 2 N–H and O–H groups in total. The van der Waals surface area contributed by atoms with Crippen LogP contribution < -0.4 is 10.5 Å². The molecular weight excluding hydrogens is 376 g/mol. The number of benzene rings is 1. The number of nitrogens with zero attached hydrogens (tertiary/aromatic N) is 4. The fraction of sp³-hybridized carbons (Fsp3) is 0.261. The fourth-order valence-electron chi connectivity index (χ4n) is 4.93. The first kappa shape index (κ1) is 17.4. The summed E-state index contributed by atoms with van der Waals surface area (Å²) in [5.41, 5.74) is 5.70. The molecule has 7 heteroatoms. The minimum Gasteiger partial charge on any atom is -0.370 e. The van der Waals surface area contributed by atoms with Crippen LogP contribution in [0.4, 0.5) is 5.69 Å². The van der Waals surface area contributed by atoms with Crippen molar-refractivity contribution < 1.29 is 0 Å². The molecular formula is C23H22N6O. The minimum atomic E-state index is -0.166. The molecule has 150 valence electrons. The van der Waals surface area contributed by atoms with E-state index >= 15 is 0 Å². The quantitative estimate of drug-likeness (QED) is 0.555. The van der Waals surface area contributed by atoms with Gasteiger partial charge in [0, 0.05) is 67.0 Å². The van der Waals surface area contributed by atoms with E-state index in [1.807, 2.05) is 24.3 Å². The lowest BCUT2D eigenvalue weighted by atomic mass is 9.73. The van der Waals surface area contributed by atoms with Crippen LogP contribution in [0.3, 0.4) is 0 Å². The Hall–Kier alpha value is -3.45. The van der Waals surface area contributed by atoms with Crippen molar-refractivity contribution in [3.63, 3.8) is 0 Å². The lowest BCUT2D eigenvalue weighted by molar-refractivity contribution is -0.00237. The highest BCUT2D eigenvalue weighted by atomic mass is 16.1. The van der Waals surface area contributed by atoms with Gasteiger partial charge in [0.15, 0.2) is 0 Å². The van der Waals surface area contributed by atoms with Gasteiger partial charge in [0.1, 0.15) is 5.82 Å². The molecule has 3 aromatic heterocycles. The van der Waals surface area contributed by atoms with Gasteiger partial charge in [-0.1, -0.05) is 6.07 Å². The Bertz CT molecular complexity index is 1290. The molecule has 0 unspecified atom stereocenters. The monoisotopic (exact) mass is 398 g/mol. The summed E-state index contributed by atoms with van der Waals surface area (Å²) in [4.78, 5) is 32.3. The van der Waals surface area contributed by atoms with Crippen LogP contribution in [-0.4, -0.2) is 58.1 Å².